The number of aromatic hydroxyl groups is 1. The summed E-state index contributed by atoms with van der Waals surface area (Å²) in [5, 5.41) is 22.9. The first kappa shape index (κ1) is 17.8. The SMILES string of the molecule is CCOC(=O)CNC(=O)c1nc(Cl)c2c(sc3ccc([N+]#N)cc32)c1O. The Balaban J connectivity index is 2.05. The summed E-state index contributed by atoms with van der Waals surface area (Å²) in [5.74, 6) is -1.69. The van der Waals surface area contributed by atoms with E-state index in [0.29, 0.717) is 21.2 Å². The van der Waals surface area contributed by atoms with Gasteiger partial charge in [-0.15, -0.1) is 11.3 Å². The monoisotopic (exact) mass is 391 g/mol. The van der Waals surface area contributed by atoms with E-state index in [1.807, 2.05) is 0 Å². The highest BCUT2D eigenvalue weighted by Crippen LogP contribution is 2.44. The maximum atomic E-state index is 12.2. The highest BCUT2D eigenvalue weighted by molar-refractivity contribution is 7.26. The van der Waals surface area contributed by atoms with E-state index in [2.05, 4.69) is 15.3 Å². The average Bonchev–Trinajstić information content (AvgIpc) is 3.02. The zero-order valence-corrected chi connectivity index (χ0v) is 15.0. The van der Waals surface area contributed by atoms with Crippen LogP contribution in [0.25, 0.3) is 25.1 Å². The van der Waals surface area contributed by atoms with Gasteiger partial charge in [0.15, 0.2) is 16.4 Å². The average molecular weight is 392 g/mol. The second-order valence-electron chi connectivity index (χ2n) is 5.17. The second kappa shape index (κ2) is 7.11. The third kappa shape index (κ3) is 3.12. The summed E-state index contributed by atoms with van der Waals surface area (Å²) in [5.41, 5.74) is 0.0365. The van der Waals surface area contributed by atoms with Crippen LogP contribution >= 0.6 is 22.9 Å². The summed E-state index contributed by atoms with van der Waals surface area (Å²) in [6.07, 6.45) is 0. The zero-order valence-electron chi connectivity index (χ0n) is 13.4. The van der Waals surface area contributed by atoms with Crippen molar-refractivity contribution < 1.29 is 19.4 Å². The van der Waals surface area contributed by atoms with E-state index in [9.17, 15) is 14.7 Å². The number of ether oxygens (including phenoxy) is 1. The normalized spacial score (nSPS) is 10.7. The van der Waals surface area contributed by atoms with Crippen LogP contribution in [0.5, 0.6) is 5.75 Å². The third-order valence-electron chi connectivity index (χ3n) is 3.56. The topological polar surface area (TPSA) is 117 Å². The van der Waals surface area contributed by atoms with Crippen LogP contribution in [0, 0.1) is 5.39 Å². The molecule has 0 saturated carbocycles. The molecular formula is C16H12ClN4O4S+. The van der Waals surface area contributed by atoms with E-state index in [-0.39, 0.29) is 29.7 Å². The summed E-state index contributed by atoms with van der Waals surface area (Å²) < 4.78 is 5.87. The summed E-state index contributed by atoms with van der Waals surface area (Å²) in [6.45, 7) is 1.49. The Bertz CT molecular complexity index is 1090. The molecule has 0 bridgehead atoms. The lowest BCUT2D eigenvalue weighted by molar-refractivity contribution is -0.141. The predicted molar refractivity (Wildman–Crippen MR) is 97.5 cm³/mol. The molecule has 0 radical (unpaired) electrons. The molecule has 0 atom stereocenters. The molecule has 1 aromatic carbocycles. The first-order valence-corrected chi connectivity index (χ1v) is 8.69. The van der Waals surface area contributed by atoms with E-state index in [0.717, 1.165) is 4.70 Å². The third-order valence-corrected chi connectivity index (χ3v) is 5.01. The minimum atomic E-state index is -0.747. The minimum absolute atomic E-state index is 0.0143. The molecule has 0 saturated heterocycles. The van der Waals surface area contributed by atoms with Crippen molar-refractivity contribution in [3.63, 3.8) is 0 Å². The summed E-state index contributed by atoms with van der Waals surface area (Å²) in [6, 6.07) is 4.91. The number of pyridine rings is 1. The Morgan fingerprint density at radius 2 is 2.23 bits per heavy atom. The molecule has 0 fully saturated rings. The number of hydrogen-bond donors (Lipinski definition) is 2. The number of aromatic nitrogens is 1. The number of fused-ring (bicyclic) bond motifs is 3. The van der Waals surface area contributed by atoms with Crippen LogP contribution in [0.15, 0.2) is 18.2 Å². The molecule has 0 unspecified atom stereocenters. The number of nitrogens with one attached hydrogen (secondary N) is 1. The predicted octanol–water partition coefficient (Wildman–Crippen LogP) is 3.59. The van der Waals surface area contributed by atoms with Crippen molar-refractivity contribution in [2.45, 2.75) is 6.92 Å². The Kier molecular flexibility index (Phi) is 4.88. The number of nitrogens with zero attached hydrogens (tertiary/aromatic N) is 3. The van der Waals surface area contributed by atoms with E-state index >= 15 is 0 Å². The molecule has 3 aromatic rings. The van der Waals surface area contributed by atoms with Gasteiger partial charge >= 0.3 is 11.7 Å². The number of thiophene rings is 1. The lowest BCUT2D eigenvalue weighted by Crippen LogP contribution is -2.31. The molecule has 2 N–H and O–H groups in total. The highest BCUT2D eigenvalue weighted by Gasteiger charge is 2.23. The van der Waals surface area contributed by atoms with Gasteiger partial charge in [0.1, 0.15) is 11.7 Å². The van der Waals surface area contributed by atoms with Crippen LogP contribution < -0.4 is 5.32 Å². The first-order valence-electron chi connectivity index (χ1n) is 7.49. The quantitative estimate of drug-likeness (QED) is 0.398. The number of hydrogen-bond acceptors (Lipinski definition) is 7. The molecule has 2 aromatic heterocycles. The Labute approximate surface area is 156 Å². The fraction of sp³-hybridized carbons (Fsp3) is 0.188. The van der Waals surface area contributed by atoms with Gasteiger partial charge in [0, 0.05) is 27.6 Å². The number of diazo groups is 1. The molecule has 3 rings (SSSR count). The van der Waals surface area contributed by atoms with Gasteiger partial charge in [-0.25, -0.2) is 4.98 Å². The largest absolute Gasteiger partial charge is 0.504 e. The molecule has 0 aliphatic rings. The van der Waals surface area contributed by atoms with Crippen LogP contribution in [-0.2, 0) is 9.53 Å². The molecule has 26 heavy (non-hydrogen) atoms. The fourth-order valence-electron chi connectivity index (χ4n) is 2.44. The number of rotatable bonds is 4. The molecule has 0 aliphatic carbocycles. The standard InChI is InChI=1S/C16H11ClN4O4S/c1-2-25-10(22)6-19-16(24)12-13(23)14-11(15(17)20-12)8-5-7(21-18)3-4-9(8)26-14/h3-5H,2,6H2,1H3,(H-,19,23,24)/p+1. The second-order valence-corrected chi connectivity index (χ2v) is 6.58. The summed E-state index contributed by atoms with van der Waals surface area (Å²) >= 11 is 7.44. The number of benzene rings is 1. The molecule has 0 spiro atoms. The van der Waals surface area contributed by atoms with Crippen molar-refractivity contribution in [2.24, 2.45) is 0 Å². The van der Waals surface area contributed by atoms with Gasteiger partial charge in [0.25, 0.3) is 5.91 Å². The van der Waals surface area contributed by atoms with Gasteiger partial charge in [-0.05, 0) is 13.0 Å². The molecule has 2 heterocycles. The van der Waals surface area contributed by atoms with E-state index in [4.69, 9.17) is 21.7 Å². The number of amides is 1. The van der Waals surface area contributed by atoms with E-state index in [1.54, 1.807) is 25.1 Å². The number of esters is 1. The Morgan fingerprint density at radius 3 is 2.92 bits per heavy atom. The summed E-state index contributed by atoms with van der Waals surface area (Å²) in [7, 11) is 0. The minimum Gasteiger partial charge on any atom is -0.504 e. The maximum absolute atomic E-state index is 12.2. The zero-order chi connectivity index (χ0) is 18.8. The molecule has 132 valence electrons. The van der Waals surface area contributed by atoms with Crippen LogP contribution in [0.4, 0.5) is 5.69 Å². The lowest BCUT2D eigenvalue weighted by Gasteiger charge is -2.07. The van der Waals surface area contributed by atoms with Crippen molar-refractivity contribution in [2.75, 3.05) is 13.2 Å². The number of halogens is 1. The van der Waals surface area contributed by atoms with Crippen molar-refractivity contribution in [3.8, 4) is 5.75 Å². The van der Waals surface area contributed by atoms with Gasteiger partial charge in [-0.1, -0.05) is 11.6 Å². The lowest BCUT2D eigenvalue weighted by atomic mass is 10.1. The number of carbonyl (C=O) groups excluding carboxylic acids is 2. The smallest absolute Gasteiger partial charge is 0.385 e. The van der Waals surface area contributed by atoms with Crippen molar-refractivity contribution >= 4 is 60.7 Å². The van der Waals surface area contributed by atoms with Crippen LogP contribution in [-0.4, -0.2) is 35.1 Å². The molecule has 8 nitrogen and oxygen atoms in total. The van der Waals surface area contributed by atoms with Crippen LogP contribution in [0.2, 0.25) is 5.15 Å². The van der Waals surface area contributed by atoms with Gasteiger partial charge in [-0.3, -0.25) is 9.59 Å². The highest BCUT2D eigenvalue weighted by atomic mass is 35.5. The van der Waals surface area contributed by atoms with E-state index < -0.39 is 11.9 Å². The summed E-state index contributed by atoms with van der Waals surface area (Å²) in [4.78, 5) is 30.7. The van der Waals surface area contributed by atoms with Gasteiger partial charge < -0.3 is 15.2 Å². The van der Waals surface area contributed by atoms with Gasteiger partial charge in [0.05, 0.1) is 11.3 Å². The van der Waals surface area contributed by atoms with Crippen LogP contribution in [0.3, 0.4) is 0 Å². The van der Waals surface area contributed by atoms with Crippen molar-refractivity contribution in [1.82, 2.24) is 10.3 Å². The van der Waals surface area contributed by atoms with E-state index in [1.165, 1.54) is 11.3 Å². The maximum Gasteiger partial charge on any atom is 0.385 e. The van der Waals surface area contributed by atoms with Crippen molar-refractivity contribution in [1.29, 1.82) is 5.39 Å². The van der Waals surface area contributed by atoms with Gasteiger partial charge in [0.2, 0.25) is 5.39 Å². The number of carbonyl (C=O) groups is 2. The van der Waals surface area contributed by atoms with Gasteiger partial charge in [-0.2, -0.15) is 0 Å². The van der Waals surface area contributed by atoms with Crippen LogP contribution in [0.1, 0.15) is 17.4 Å². The Morgan fingerprint density at radius 1 is 1.46 bits per heavy atom. The molecule has 1 amide bonds. The fourth-order valence-corrected chi connectivity index (χ4v) is 3.91. The molecule has 10 heteroatoms. The Hall–Kier alpha value is -2.96. The molecule has 0 aliphatic heterocycles. The first-order chi connectivity index (χ1) is 12.5. The van der Waals surface area contributed by atoms with Crippen molar-refractivity contribution in [3.05, 3.63) is 34.0 Å². The molecular weight excluding hydrogens is 380 g/mol.